The molecule has 2 N–H and O–H groups in total. The number of imide groups is 1. The molecular weight excluding hydrogens is 436 g/mol. The molecule has 0 unspecified atom stereocenters. The molecule has 2 saturated heterocycles. The topological polar surface area (TPSA) is 108 Å². The average molecular weight is 463 g/mol. The van der Waals surface area contributed by atoms with Gasteiger partial charge in [0.25, 0.3) is 5.91 Å². The van der Waals surface area contributed by atoms with E-state index in [1.165, 1.54) is 7.05 Å². The number of nitrogens with zero attached hydrogens (tertiary/aromatic N) is 2. The Kier molecular flexibility index (Phi) is 5.47. The molecule has 9 nitrogen and oxygen atoms in total. The zero-order valence-corrected chi connectivity index (χ0v) is 18.9. The molecule has 5 rings (SSSR count). The lowest BCUT2D eigenvalue weighted by Gasteiger charge is -2.26. The van der Waals surface area contributed by atoms with Crippen molar-refractivity contribution >= 4 is 29.6 Å². The first-order chi connectivity index (χ1) is 16.4. The van der Waals surface area contributed by atoms with Crippen LogP contribution in [0.15, 0.2) is 48.5 Å². The van der Waals surface area contributed by atoms with Crippen molar-refractivity contribution in [3.05, 3.63) is 65.2 Å². The third kappa shape index (κ3) is 3.57. The minimum Gasteiger partial charge on any atom is -0.427 e. The molecule has 2 aliphatic heterocycles. The minimum atomic E-state index is -1.41. The third-order valence-corrected chi connectivity index (χ3v) is 6.90. The smallest absolute Gasteiger partial charge is 0.418 e. The minimum absolute atomic E-state index is 0.0603. The van der Waals surface area contributed by atoms with Gasteiger partial charge in [0.1, 0.15) is 6.54 Å². The SMILES string of the molecule is CNC(=O)Nc1ccc2c(c1)CC[C@]21OC(=O)N(CC(=O)N2CCC[C@H]2c2ccccc2)C1=O. The van der Waals surface area contributed by atoms with E-state index in [1.807, 2.05) is 30.3 Å². The second-order valence-electron chi connectivity index (χ2n) is 8.82. The summed E-state index contributed by atoms with van der Waals surface area (Å²) in [6.07, 6.45) is 1.74. The van der Waals surface area contributed by atoms with E-state index in [-0.39, 0.29) is 24.5 Å². The second-order valence-corrected chi connectivity index (χ2v) is 8.82. The first-order valence-corrected chi connectivity index (χ1v) is 11.4. The summed E-state index contributed by atoms with van der Waals surface area (Å²) in [5.41, 5.74) is 1.65. The monoisotopic (exact) mass is 462 g/mol. The summed E-state index contributed by atoms with van der Waals surface area (Å²) in [6, 6.07) is 14.5. The Bertz CT molecular complexity index is 1170. The quantitative estimate of drug-likeness (QED) is 0.726. The van der Waals surface area contributed by atoms with Crippen molar-refractivity contribution in [3.63, 3.8) is 0 Å². The van der Waals surface area contributed by atoms with E-state index >= 15 is 0 Å². The van der Waals surface area contributed by atoms with E-state index < -0.39 is 17.6 Å². The highest BCUT2D eigenvalue weighted by molar-refractivity contribution is 6.06. The van der Waals surface area contributed by atoms with Crippen LogP contribution in [-0.2, 0) is 26.3 Å². The van der Waals surface area contributed by atoms with E-state index in [1.54, 1.807) is 23.1 Å². The lowest BCUT2D eigenvalue weighted by Crippen LogP contribution is -2.44. The highest BCUT2D eigenvalue weighted by Crippen LogP contribution is 2.46. The molecule has 1 aliphatic carbocycles. The first kappa shape index (κ1) is 21.9. The molecule has 176 valence electrons. The Hall–Kier alpha value is -3.88. The van der Waals surface area contributed by atoms with Crippen molar-refractivity contribution in [2.75, 3.05) is 25.5 Å². The maximum absolute atomic E-state index is 13.4. The number of carbonyl (C=O) groups is 4. The number of rotatable bonds is 4. The van der Waals surface area contributed by atoms with Gasteiger partial charge in [-0.2, -0.15) is 0 Å². The Morgan fingerprint density at radius 2 is 1.94 bits per heavy atom. The van der Waals surface area contributed by atoms with Crippen molar-refractivity contribution in [2.24, 2.45) is 0 Å². The van der Waals surface area contributed by atoms with Crippen LogP contribution in [0.3, 0.4) is 0 Å². The number of fused-ring (bicyclic) bond motifs is 2. The molecule has 2 aromatic carbocycles. The van der Waals surface area contributed by atoms with Gasteiger partial charge in [-0.05, 0) is 42.5 Å². The molecule has 2 heterocycles. The molecule has 3 aliphatic rings. The summed E-state index contributed by atoms with van der Waals surface area (Å²) in [5.74, 6) is -0.774. The number of nitrogens with one attached hydrogen (secondary N) is 2. The Morgan fingerprint density at radius 3 is 2.71 bits per heavy atom. The average Bonchev–Trinajstić information content (AvgIpc) is 3.53. The summed E-state index contributed by atoms with van der Waals surface area (Å²) >= 11 is 0. The molecule has 0 aromatic heterocycles. The summed E-state index contributed by atoms with van der Waals surface area (Å²) in [6.45, 7) is 0.249. The molecule has 0 radical (unpaired) electrons. The number of urea groups is 1. The molecule has 9 heteroatoms. The van der Waals surface area contributed by atoms with Crippen LogP contribution in [-0.4, -0.2) is 53.9 Å². The van der Waals surface area contributed by atoms with Gasteiger partial charge in [-0.3, -0.25) is 9.59 Å². The second kappa shape index (κ2) is 8.48. The number of hydrogen-bond donors (Lipinski definition) is 2. The standard InChI is InChI=1S/C25H26N4O5/c1-26-23(32)27-18-9-10-19-17(14-18)11-12-25(19)22(31)29(24(33)34-25)15-21(30)28-13-5-8-20(28)16-6-3-2-4-7-16/h2-4,6-7,9-10,14,20H,5,8,11-13,15H2,1H3,(H2,26,27,32)/t20-,25-/m0/s1. The molecule has 2 aromatic rings. The van der Waals surface area contributed by atoms with Crippen LogP contribution in [0, 0.1) is 0 Å². The van der Waals surface area contributed by atoms with Crippen LogP contribution in [0.25, 0.3) is 0 Å². The predicted molar refractivity (Wildman–Crippen MR) is 123 cm³/mol. The van der Waals surface area contributed by atoms with Gasteiger partial charge in [-0.1, -0.05) is 36.4 Å². The summed E-state index contributed by atoms with van der Waals surface area (Å²) in [5, 5.41) is 5.19. The lowest BCUT2D eigenvalue weighted by atomic mass is 9.94. The number of carbonyl (C=O) groups excluding carboxylic acids is 4. The van der Waals surface area contributed by atoms with Gasteiger partial charge < -0.3 is 20.3 Å². The Labute approximate surface area is 197 Å². The number of benzene rings is 2. The fourth-order valence-corrected chi connectivity index (χ4v) is 5.24. The van der Waals surface area contributed by atoms with Gasteiger partial charge in [-0.25, -0.2) is 14.5 Å². The molecule has 34 heavy (non-hydrogen) atoms. The fraction of sp³-hybridized carbons (Fsp3) is 0.360. The van der Waals surface area contributed by atoms with Crippen molar-refractivity contribution in [2.45, 2.75) is 37.3 Å². The summed E-state index contributed by atoms with van der Waals surface area (Å²) in [7, 11) is 1.52. The van der Waals surface area contributed by atoms with Gasteiger partial charge in [0.2, 0.25) is 11.5 Å². The van der Waals surface area contributed by atoms with E-state index in [0.717, 1.165) is 28.9 Å². The summed E-state index contributed by atoms with van der Waals surface area (Å²) in [4.78, 5) is 53.7. The molecular formula is C25H26N4O5. The number of ether oxygens (including phenoxy) is 1. The van der Waals surface area contributed by atoms with Gasteiger partial charge in [0.15, 0.2) is 0 Å². The summed E-state index contributed by atoms with van der Waals surface area (Å²) < 4.78 is 5.65. The Balaban J connectivity index is 1.34. The van der Waals surface area contributed by atoms with Crippen LogP contribution >= 0.6 is 0 Å². The number of hydrogen-bond acceptors (Lipinski definition) is 5. The van der Waals surface area contributed by atoms with E-state index in [0.29, 0.717) is 30.6 Å². The predicted octanol–water partition coefficient (Wildman–Crippen LogP) is 2.92. The number of likely N-dealkylation sites (tertiary alicyclic amines) is 1. The lowest BCUT2D eigenvalue weighted by molar-refractivity contribution is -0.142. The van der Waals surface area contributed by atoms with Crippen LogP contribution < -0.4 is 10.6 Å². The van der Waals surface area contributed by atoms with Crippen LogP contribution in [0.5, 0.6) is 0 Å². The highest BCUT2D eigenvalue weighted by atomic mass is 16.6. The normalized spacial score (nSPS) is 23.3. The highest BCUT2D eigenvalue weighted by Gasteiger charge is 2.58. The molecule has 1 spiro atoms. The maximum Gasteiger partial charge on any atom is 0.418 e. The fourth-order valence-electron chi connectivity index (χ4n) is 5.24. The van der Waals surface area contributed by atoms with Gasteiger partial charge in [0, 0.05) is 31.3 Å². The first-order valence-electron chi connectivity index (χ1n) is 11.4. The van der Waals surface area contributed by atoms with Gasteiger partial charge in [0.05, 0.1) is 6.04 Å². The van der Waals surface area contributed by atoms with Crippen molar-refractivity contribution in [1.82, 2.24) is 15.1 Å². The van der Waals surface area contributed by atoms with Crippen molar-refractivity contribution in [1.29, 1.82) is 0 Å². The molecule has 2 fully saturated rings. The maximum atomic E-state index is 13.4. The van der Waals surface area contributed by atoms with Crippen molar-refractivity contribution < 1.29 is 23.9 Å². The van der Waals surface area contributed by atoms with Gasteiger partial charge in [-0.15, -0.1) is 0 Å². The zero-order valence-electron chi connectivity index (χ0n) is 18.9. The largest absolute Gasteiger partial charge is 0.427 e. The zero-order chi connectivity index (χ0) is 23.9. The number of aryl methyl sites for hydroxylation is 1. The number of anilines is 1. The number of amides is 5. The Morgan fingerprint density at radius 1 is 1.15 bits per heavy atom. The van der Waals surface area contributed by atoms with Crippen LogP contribution in [0.4, 0.5) is 15.3 Å². The van der Waals surface area contributed by atoms with E-state index in [9.17, 15) is 19.2 Å². The van der Waals surface area contributed by atoms with Gasteiger partial charge >= 0.3 is 12.1 Å². The van der Waals surface area contributed by atoms with Crippen LogP contribution in [0.2, 0.25) is 0 Å². The van der Waals surface area contributed by atoms with E-state index in [4.69, 9.17) is 4.74 Å². The van der Waals surface area contributed by atoms with Crippen LogP contribution in [0.1, 0.15) is 42.0 Å². The molecule has 0 bridgehead atoms. The molecule has 5 amide bonds. The molecule has 2 atom stereocenters. The molecule has 0 saturated carbocycles. The third-order valence-electron chi connectivity index (χ3n) is 6.90. The van der Waals surface area contributed by atoms with Crippen molar-refractivity contribution in [3.8, 4) is 0 Å². The van der Waals surface area contributed by atoms with E-state index in [2.05, 4.69) is 10.6 Å².